The summed E-state index contributed by atoms with van der Waals surface area (Å²) >= 11 is 0. The first-order chi connectivity index (χ1) is 12.1. The number of rotatable bonds is 9. The third kappa shape index (κ3) is 4.89. The van der Waals surface area contributed by atoms with E-state index in [4.69, 9.17) is 0 Å². The van der Waals surface area contributed by atoms with Crippen LogP contribution in [-0.4, -0.2) is 41.9 Å². The predicted molar refractivity (Wildman–Crippen MR) is 99.9 cm³/mol. The van der Waals surface area contributed by atoms with Crippen molar-refractivity contribution in [3.8, 4) is 0 Å². The number of hydrogen-bond acceptors (Lipinski definition) is 3. The summed E-state index contributed by atoms with van der Waals surface area (Å²) in [6, 6.07) is 7.38. The first kappa shape index (κ1) is 19.1. The van der Waals surface area contributed by atoms with E-state index in [1.165, 1.54) is 9.58 Å². The zero-order valence-corrected chi connectivity index (χ0v) is 15.5. The molecule has 0 aliphatic heterocycles. The Bertz CT molecular complexity index is 766. The fraction of sp³-hybridized carbons (Fsp3) is 0.526. The van der Waals surface area contributed by atoms with Gasteiger partial charge in [-0.15, -0.1) is 0 Å². The van der Waals surface area contributed by atoms with Gasteiger partial charge in [-0.05, 0) is 26.3 Å². The molecule has 2 aromatic rings. The van der Waals surface area contributed by atoms with Gasteiger partial charge in [0, 0.05) is 11.9 Å². The van der Waals surface area contributed by atoms with Crippen molar-refractivity contribution in [2.45, 2.75) is 40.2 Å². The van der Waals surface area contributed by atoms with Crippen LogP contribution in [0.3, 0.4) is 0 Å². The molecule has 6 nitrogen and oxygen atoms in total. The largest absolute Gasteiger partial charge is 0.350 e. The van der Waals surface area contributed by atoms with E-state index in [9.17, 15) is 9.59 Å². The molecule has 0 saturated heterocycles. The van der Waals surface area contributed by atoms with Crippen LogP contribution in [0.25, 0.3) is 10.8 Å². The number of benzene rings is 1. The van der Waals surface area contributed by atoms with Crippen LogP contribution in [0.2, 0.25) is 0 Å². The minimum Gasteiger partial charge on any atom is -0.350 e. The number of fused-ring (bicyclic) bond motifs is 1. The lowest BCUT2D eigenvalue weighted by molar-refractivity contribution is -0.895. The average Bonchev–Trinajstić information content (AvgIpc) is 2.63. The standard InChI is InChI=1S/C19H28N4O2/c1-4-12-23-19(25)16-10-8-7-9-15(16)17(21-23)14-18(24)20-11-13-22(5-2)6-3/h7-10H,4-6,11-14H2,1-3H3,(H,20,24)/p+1. The second-order valence-electron chi connectivity index (χ2n) is 6.25. The minimum absolute atomic E-state index is 0.0501. The van der Waals surface area contributed by atoms with Crippen molar-refractivity contribution < 1.29 is 9.69 Å². The normalized spacial score (nSPS) is 11.2. The molecule has 0 fully saturated rings. The number of nitrogens with one attached hydrogen (secondary N) is 2. The maximum absolute atomic E-state index is 12.5. The molecule has 0 radical (unpaired) electrons. The molecule has 0 aliphatic carbocycles. The van der Waals surface area contributed by atoms with Crippen molar-refractivity contribution in [1.82, 2.24) is 15.1 Å². The number of aryl methyl sites for hydroxylation is 1. The van der Waals surface area contributed by atoms with E-state index in [-0.39, 0.29) is 17.9 Å². The Kier molecular flexibility index (Phi) is 7.13. The van der Waals surface area contributed by atoms with Gasteiger partial charge in [-0.3, -0.25) is 9.59 Å². The van der Waals surface area contributed by atoms with E-state index < -0.39 is 0 Å². The van der Waals surface area contributed by atoms with Crippen molar-refractivity contribution in [3.63, 3.8) is 0 Å². The van der Waals surface area contributed by atoms with Crippen LogP contribution in [-0.2, 0) is 17.8 Å². The van der Waals surface area contributed by atoms with Gasteiger partial charge in [0.25, 0.3) is 5.56 Å². The number of carbonyl (C=O) groups is 1. The van der Waals surface area contributed by atoms with Gasteiger partial charge in [-0.25, -0.2) is 4.68 Å². The summed E-state index contributed by atoms with van der Waals surface area (Å²) in [5, 5.41) is 8.81. The van der Waals surface area contributed by atoms with Gasteiger partial charge in [-0.1, -0.05) is 25.1 Å². The van der Waals surface area contributed by atoms with Gasteiger partial charge < -0.3 is 10.2 Å². The summed E-state index contributed by atoms with van der Waals surface area (Å²) in [7, 11) is 0. The van der Waals surface area contributed by atoms with Crippen LogP contribution in [0.4, 0.5) is 0 Å². The zero-order valence-electron chi connectivity index (χ0n) is 15.5. The van der Waals surface area contributed by atoms with Crippen LogP contribution >= 0.6 is 0 Å². The molecule has 25 heavy (non-hydrogen) atoms. The minimum atomic E-state index is -0.0910. The molecule has 1 aromatic carbocycles. The Labute approximate surface area is 148 Å². The van der Waals surface area contributed by atoms with Crippen LogP contribution in [0.5, 0.6) is 0 Å². The van der Waals surface area contributed by atoms with Gasteiger partial charge in [-0.2, -0.15) is 5.10 Å². The highest BCUT2D eigenvalue weighted by molar-refractivity contribution is 5.88. The van der Waals surface area contributed by atoms with E-state index >= 15 is 0 Å². The summed E-state index contributed by atoms with van der Waals surface area (Å²) < 4.78 is 1.48. The lowest BCUT2D eigenvalue weighted by Gasteiger charge is -2.15. The summed E-state index contributed by atoms with van der Waals surface area (Å²) in [5.41, 5.74) is 0.572. The van der Waals surface area contributed by atoms with Crippen molar-refractivity contribution in [3.05, 3.63) is 40.3 Å². The number of nitrogens with zero attached hydrogens (tertiary/aromatic N) is 2. The van der Waals surface area contributed by atoms with Gasteiger partial charge in [0.2, 0.25) is 5.91 Å². The molecule has 2 rings (SSSR count). The van der Waals surface area contributed by atoms with Crippen LogP contribution < -0.4 is 15.8 Å². The molecule has 6 heteroatoms. The summed E-state index contributed by atoms with van der Waals surface area (Å²) in [6.07, 6.45) is 1.02. The fourth-order valence-electron chi connectivity index (χ4n) is 3.00. The second kappa shape index (κ2) is 9.32. The molecule has 0 aliphatic rings. The van der Waals surface area contributed by atoms with E-state index in [2.05, 4.69) is 24.3 Å². The molecule has 0 saturated carbocycles. The third-order valence-corrected chi connectivity index (χ3v) is 4.51. The summed E-state index contributed by atoms with van der Waals surface area (Å²) in [5.74, 6) is -0.0501. The van der Waals surface area contributed by atoms with Crippen LogP contribution in [0.1, 0.15) is 32.9 Å². The fourth-order valence-corrected chi connectivity index (χ4v) is 3.00. The van der Waals surface area contributed by atoms with Crippen molar-refractivity contribution in [1.29, 1.82) is 0 Å². The van der Waals surface area contributed by atoms with Crippen LogP contribution in [0, 0.1) is 0 Å². The monoisotopic (exact) mass is 345 g/mol. The topological polar surface area (TPSA) is 68.4 Å². The Balaban J connectivity index is 2.15. The number of quaternary nitrogens is 1. The molecular weight excluding hydrogens is 316 g/mol. The Morgan fingerprint density at radius 1 is 1.16 bits per heavy atom. The Morgan fingerprint density at radius 3 is 2.48 bits per heavy atom. The third-order valence-electron chi connectivity index (χ3n) is 4.51. The average molecular weight is 345 g/mol. The first-order valence-electron chi connectivity index (χ1n) is 9.19. The SMILES string of the molecule is CCCn1nc(CC(=O)NCC[NH+](CC)CC)c2ccccc2c1=O. The van der Waals surface area contributed by atoms with E-state index in [0.717, 1.165) is 31.4 Å². The van der Waals surface area contributed by atoms with E-state index in [0.29, 0.717) is 24.2 Å². The van der Waals surface area contributed by atoms with Crippen molar-refractivity contribution >= 4 is 16.7 Å². The van der Waals surface area contributed by atoms with Gasteiger partial charge in [0.15, 0.2) is 0 Å². The molecule has 0 bridgehead atoms. The lowest BCUT2D eigenvalue weighted by Crippen LogP contribution is -3.12. The summed E-state index contributed by atoms with van der Waals surface area (Å²) in [4.78, 5) is 26.2. The number of amides is 1. The van der Waals surface area contributed by atoms with E-state index in [1.807, 2.05) is 25.1 Å². The Hall–Kier alpha value is -2.21. The molecule has 0 unspecified atom stereocenters. The molecule has 1 heterocycles. The maximum Gasteiger partial charge on any atom is 0.274 e. The predicted octanol–water partition coefficient (Wildman–Crippen LogP) is 0.390. The quantitative estimate of drug-likeness (QED) is 0.691. The van der Waals surface area contributed by atoms with E-state index in [1.54, 1.807) is 6.07 Å². The lowest BCUT2D eigenvalue weighted by atomic mass is 10.1. The zero-order chi connectivity index (χ0) is 18.2. The molecule has 2 N–H and O–H groups in total. The van der Waals surface area contributed by atoms with Gasteiger partial charge in [0.1, 0.15) is 0 Å². The highest BCUT2D eigenvalue weighted by Gasteiger charge is 2.13. The molecular formula is C19H29N4O2+. The van der Waals surface area contributed by atoms with Crippen molar-refractivity contribution in [2.24, 2.45) is 0 Å². The molecule has 1 aromatic heterocycles. The Morgan fingerprint density at radius 2 is 1.84 bits per heavy atom. The molecule has 0 atom stereocenters. The van der Waals surface area contributed by atoms with Crippen molar-refractivity contribution in [2.75, 3.05) is 26.2 Å². The molecule has 1 amide bonds. The maximum atomic E-state index is 12.5. The molecule has 0 spiro atoms. The smallest absolute Gasteiger partial charge is 0.274 e. The van der Waals surface area contributed by atoms with Gasteiger partial charge in [0.05, 0.1) is 43.7 Å². The second-order valence-corrected chi connectivity index (χ2v) is 6.25. The highest BCUT2D eigenvalue weighted by Crippen LogP contribution is 2.13. The van der Waals surface area contributed by atoms with Gasteiger partial charge >= 0.3 is 0 Å². The molecule has 136 valence electrons. The first-order valence-corrected chi connectivity index (χ1v) is 9.19. The number of carbonyl (C=O) groups excluding carboxylic acids is 1. The number of likely N-dealkylation sites (N-methyl/N-ethyl adjacent to an activating group) is 1. The van der Waals surface area contributed by atoms with Crippen LogP contribution in [0.15, 0.2) is 29.1 Å². The highest BCUT2D eigenvalue weighted by atomic mass is 16.1. The number of aromatic nitrogens is 2. The summed E-state index contributed by atoms with van der Waals surface area (Å²) in [6.45, 7) is 10.5. The number of hydrogen-bond donors (Lipinski definition) is 2.